The lowest BCUT2D eigenvalue weighted by Gasteiger charge is -2.17. The minimum Gasteiger partial charge on any atom is -0.517 e. The van der Waals surface area contributed by atoms with Crippen LogP contribution in [0.1, 0.15) is 19.8 Å². The van der Waals surface area contributed by atoms with E-state index in [1.54, 1.807) is 6.92 Å². The Bertz CT molecular complexity index is 216. The smallest absolute Gasteiger partial charge is 0.320 e. The number of aliphatic hydroxyl groups is 1. The van der Waals surface area contributed by atoms with E-state index in [9.17, 15) is 4.79 Å². The molecule has 0 aromatic rings. The van der Waals surface area contributed by atoms with Crippen LogP contribution in [-0.2, 0) is 9.22 Å². The first-order valence-electron chi connectivity index (χ1n) is 4.88. The van der Waals surface area contributed by atoms with Gasteiger partial charge in [0.2, 0.25) is 8.32 Å². The van der Waals surface area contributed by atoms with Gasteiger partial charge < -0.3 is 9.53 Å². The molecule has 0 atom stereocenters. The fourth-order valence-corrected chi connectivity index (χ4v) is 1.57. The molecule has 0 heterocycles. The lowest BCUT2D eigenvalue weighted by atomic mass is 10.2. The van der Waals surface area contributed by atoms with Gasteiger partial charge >= 0.3 is 5.97 Å². The van der Waals surface area contributed by atoms with Gasteiger partial charge in [-0.15, -0.1) is 0 Å². The van der Waals surface area contributed by atoms with Gasteiger partial charge in [0.25, 0.3) is 0 Å². The average molecular weight is 216 g/mol. The summed E-state index contributed by atoms with van der Waals surface area (Å²) in [5.41, 5.74) is 0.640. The second-order valence-corrected chi connectivity index (χ2v) is 8.68. The van der Waals surface area contributed by atoms with Crippen LogP contribution < -0.4 is 0 Å². The molecule has 0 aliphatic carbocycles. The molecule has 0 aliphatic heterocycles. The second kappa shape index (κ2) is 5.98. The van der Waals surface area contributed by atoms with Crippen molar-refractivity contribution < 1.29 is 14.3 Å². The van der Waals surface area contributed by atoms with E-state index in [1.807, 2.05) is 25.7 Å². The highest BCUT2D eigenvalue weighted by Crippen LogP contribution is 2.08. The van der Waals surface area contributed by atoms with Crippen LogP contribution in [-0.4, -0.2) is 26.0 Å². The Morgan fingerprint density at radius 3 is 2.43 bits per heavy atom. The van der Waals surface area contributed by atoms with E-state index < -0.39 is 8.32 Å². The van der Waals surface area contributed by atoms with E-state index >= 15 is 0 Å². The van der Waals surface area contributed by atoms with Crippen molar-refractivity contribution in [1.29, 1.82) is 0 Å². The maximum Gasteiger partial charge on any atom is 0.320 e. The summed E-state index contributed by atoms with van der Waals surface area (Å²) in [5, 5.41) is 8.57. The van der Waals surface area contributed by atoms with Gasteiger partial charge in [0.1, 0.15) is 0 Å². The van der Waals surface area contributed by atoms with Gasteiger partial charge in [-0.2, -0.15) is 0 Å². The molecule has 0 aromatic carbocycles. The van der Waals surface area contributed by atoms with Gasteiger partial charge in [-0.05, 0) is 39.4 Å². The van der Waals surface area contributed by atoms with Crippen molar-refractivity contribution in [3.05, 3.63) is 11.6 Å². The molecule has 0 saturated heterocycles. The predicted octanol–water partition coefficient (Wildman–Crippen LogP) is 2.08. The van der Waals surface area contributed by atoms with Gasteiger partial charge in [-0.25, -0.2) is 4.79 Å². The van der Waals surface area contributed by atoms with Crippen molar-refractivity contribution in [3.8, 4) is 0 Å². The summed E-state index contributed by atoms with van der Waals surface area (Å²) >= 11 is 0. The van der Waals surface area contributed by atoms with Crippen LogP contribution in [0.5, 0.6) is 0 Å². The number of unbranched alkanes of at least 4 members (excludes halogenated alkanes) is 1. The summed E-state index contributed by atoms with van der Waals surface area (Å²) in [4.78, 5) is 11.4. The third-order valence-electron chi connectivity index (χ3n) is 1.53. The molecule has 0 fully saturated rings. The number of rotatable bonds is 5. The quantitative estimate of drug-likeness (QED) is 0.435. The molecule has 0 aliphatic rings. The van der Waals surface area contributed by atoms with Gasteiger partial charge in [-0.3, -0.25) is 0 Å². The number of allylic oxidation sites excluding steroid dienone is 1. The minimum atomic E-state index is -1.77. The van der Waals surface area contributed by atoms with E-state index in [-0.39, 0.29) is 12.6 Å². The predicted molar refractivity (Wildman–Crippen MR) is 59.5 cm³/mol. The third-order valence-corrected chi connectivity index (χ3v) is 2.33. The highest BCUT2D eigenvalue weighted by molar-refractivity contribution is 6.71. The molecule has 3 nitrogen and oxygen atoms in total. The molecule has 4 heteroatoms. The Morgan fingerprint density at radius 1 is 1.43 bits per heavy atom. The van der Waals surface area contributed by atoms with Crippen LogP contribution in [0.25, 0.3) is 0 Å². The molecule has 82 valence electrons. The monoisotopic (exact) mass is 216 g/mol. The first kappa shape index (κ1) is 13.4. The van der Waals surface area contributed by atoms with Crippen molar-refractivity contribution in [3.63, 3.8) is 0 Å². The molecule has 0 radical (unpaired) electrons. The molecule has 14 heavy (non-hydrogen) atoms. The molecule has 0 spiro atoms. The Morgan fingerprint density at radius 2 is 2.00 bits per heavy atom. The number of hydrogen-bond donors (Lipinski definition) is 1. The van der Waals surface area contributed by atoms with Crippen molar-refractivity contribution >= 4 is 14.3 Å². The van der Waals surface area contributed by atoms with Crippen LogP contribution >= 0.6 is 0 Å². The highest BCUT2D eigenvalue weighted by atomic mass is 28.4. The van der Waals surface area contributed by atoms with Crippen molar-refractivity contribution in [1.82, 2.24) is 0 Å². The fraction of sp³-hybridized carbons (Fsp3) is 0.700. The first-order chi connectivity index (χ1) is 6.37. The first-order valence-corrected chi connectivity index (χ1v) is 8.28. The van der Waals surface area contributed by atoms with Crippen LogP contribution in [0.15, 0.2) is 11.6 Å². The summed E-state index contributed by atoms with van der Waals surface area (Å²) in [7, 11) is -1.77. The SMILES string of the molecule is CC(=CCCCO)C(=O)O[Si](C)(C)C. The number of carbonyl (C=O) groups excluding carboxylic acids is 1. The third kappa shape index (κ3) is 6.86. The zero-order valence-electron chi connectivity index (χ0n) is 9.46. The molecular weight excluding hydrogens is 196 g/mol. The Kier molecular flexibility index (Phi) is 5.72. The number of hydrogen-bond acceptors (Lipinski definition) is 3. The van der Waals surface area contributed by atoms with Crippen LogP contribution in [0.4, 0.5) is 0 Å². The summed E-state index contributed by atoms with van der Waals surface area (Å²) in [5.74, 6) is -0.220. The van der Waals surface area contributed by atoms with E-state index in [1.165, 1.54) is 0 Å². The van der Waals surface area contributed by atoms with Gasteiger partial charge in [0, 0.05) is 12.2 Å². The minimum absolute atomic E-state index is 0.160. The molecule has 0 rings (SSSR count). The van der Waals surface area contributed by atoms with Crippen LogP contribution in [0.3, 0.4) is 0 Å². The normalized spacial score (nSPS) is 12.8. The summed E-state index contributed by atoms with van der Waals surface area (Å²) < 4.78 is 5.30. The van der Waals surface area contributed by atoms with E-state index in [0.29, 0.717) is 12.0 Å². The van der Waals surface area contributed by atoms with Crippen molar-refractivity contribution in [2.24, 2.45) is 0 Å². The Hall–Kier alpha value is -0.613. The zero-order chi connectivity index (χ0) is 11.2. The fourth-order valence-electron chi connectivity index (χ4n) is 0.852. The number of aliphatic hydroxyl groups excluding tert-OH is 1. The average Bonchev–Trinajstić information content (AvgIpc) is 2.01. The number of carbonyl (C=O) groups is 1. The molecule has 1 N–H and O–H groups in total. The summed E-state index contributed by atoms with van der Waals surface area (Å²) in [6, 6.07) is 0. The topological polar surface area (TPSA) is 46.5 Å². The Balaban J connectivity index is 4.05. The lowest BCUT2D eigenvalue weighted by Crippen LogP contribution is -2.29. The van der Waals surface area contributed by atoms with Crippen molar-refractivity contribution in [2.75, 3.05) is 6.61 Å². The lowest BCUT2D eigenvalue weighted by molar-refractivity contribution is -0.130. The summed E-state index contributed by atoms with van der Waals surface area (Å²) in [6.07, 6.45) is 3.24. The van der Waals surface area contributed by atoms with Crippen LogP contribution in [0.2, 0.25) is 19.6 Å². The van der Waals surface area contributed by atoms with Crippen molar-refractivity contribution in [2.45, 2.75) is 39.4 Å². The van der Waals surface area contributed by atoms with Gasteiger partial charge in [0.15, 0.2) is 0 Å². The maximum absolute atomic E-state index is 11.4. The largest absolute Gasteiger partial charge is 0.517 e. The van der Waals surface area contributed by atoms with Gasteiger partial charge in [-0.1, -0.05) is 6.08 Å². The molecule has 0 aromatic heterocycles. The van der Waals surface area contributed by atoms with E-state index in [4.69, 9.17) is 9.53 Å². The van der Waals surface area contributed by atoms with Gasteiger partial charge in [0.05, 0.1) is 0 Å². The Labute approximate surface area is 86.9 Å². The molecule has 0 unspecified atom stereocenters. The standard InChI is InChI=1S/C10H20O3Si/c1-9(7-5-6-8-11)10(12)13-14(2,3)4/h7,11H,5-6,8H2,1-4H3. The van der Waals surface area contributed by atoms with E-state index in [2.05, 4.69) is 0 Å². The molecule has 0 bridgehead atoms. The summed E-state index contributed by atoms with van der Waals surface area (Å²) in [6.45, 7) is 7.84. The molecule has 0 amide bonds. The highest BCUT2D eigenvalue weighted by Gasteiger charge is 2.20. The van der Waals surface area contributed by atoms with E-state index in [0.717, 1.165) is 6.42 Å². The molecule has 0 saturated carbocycles. The molecular formula is C10H20O3Si. The maximum atomic E-state index is 11.4. The van der Waals surface area contributed by atoms with Crippen LogP contribution in [0, 0.1) is 0 Å². The second-order valence-electron chi connectivity index (χ2n) is 4.25. The zero-order valence-corrected chi connectivity index (χ0v) is 10.5.